The summed E-state index contributed by atoms with van der Waals surface area (Å²) in [6, 6.07) is 8.43. The summed E-state index contributed by atoms with van der Waals surface area (Å²) in [5.74, 6) is 1.14. The van der Waals surface area contributed by atoms with Crippen molar-refractivity contribution in [2.45, 2.75) is 118 Å². The molecule has 2 aromatic rings. The molecule has 0 aliphatic carbocycles. The third-order valence-electron chi connectivity index (χ3n) is 7.27. The van der Waals surface area contributed by atoms with Gasteiger partial charge in [0.25, 0.3) is 0 Å². The molecule has 0 unspecified atom stereocenters. The van der Waals surface area contributed by atoms with Crippen molar-refractivity contribution in [1.29, 1.82) is 0 Å². The summed E-state index contributed by atoms with van der Waals surface area (Å²) in [5, 5.41) is 21.6. The highest BCUT2D eigenvalue weighted by molar-refractivity contribution is 5.85. The van der Waals surface area contributed by atoms with Crippen LogP contribution >= 0.6 is 0 Å². The summed E-state index contributed by atoms with van der Waals surface area (Å²) < 4.78 is 0. The number of hydrogen-bond donors (Lipinski definition) is 2. The molecule has 0 aliphatic rings. The molecule has 2 rings (SSSR count). The molecule has 0 saturated heterocycles. The van der Waals surface area contributed by atoms with Crippen LogP contribution in [0.1, 0.15) is 133 Å². The molecular formula is C34H52N2O2. The molecule has 210 valence electrons. The van der Waals surface area contributed by atoms with Gasteiger partial charge in [0.05, 0.1) is 13.1 Å². The minimum absolute atomic E-state index is 0.0264. The van der Waals surface area contributed by atoms with Gasteiger partial charge in [0, 0.05) is 29.1 Å². The molecule has 0 saturated carbocycles. The smallest absolute Gasteiger partial charge is 0.128 e. The third kappa shape index (κ3) is 8.99. The van der Waals surface area contributed by atoms with Gasteiger partial charge in [-0.25, -0.2) is 0 Å². The van der Waals surface area contributed by atoms with E-state index in [9.17, 15) is 10.2 Å². The Bertz CT molecular complexity index is 1090. The van der Waals surface area contributed by atoms with Gasteiger partial charge in [0.15, 0.2) is 0 Å². The first-order chi connectivity index (χ1) is 17.8. The zero-order valence-electron chi connectivity index (χ0n) is 25.5. The molecular weight excluding hydrogens is 468 g/mol. The van der Waals surface area contributed by atoms with Gasteiger partial charge in [-0.2, -0.15) is 0 Å². The summed E-state index contributed by atoms with van der Waals surface area (Å²) in [6.45, 7) is 20.4. The van der Waals surface area contributed by atoms with Crippen molar-refractivity contribution in [1.82, 2.24) is 0 Å². The van der Waals surface area contributed by atoms with Crippen molar-refractivity contribution in [3.8, 4) is 11.5 Å². The van der Waals surface area contributed by atoms with E-state index in [1.54, 1.807) is 12.4 Å². The Morgan fingerprint density at radius 2 is 1.26 bits per heavy atom. The zero-order valence-corrected chi connectivity index (χ0v) is 25.5. The number of aromatic hydroxyl groups is 2. The first-order valence-electron chi connectivity index (χ1n) is 14.5. The third-order valence-corrected chi connectivity index (χ3v) is 7.27. The maximum atomic E-state index is 11.0. The summed E-state index contributed by atoms with van der Waals surface area (Å²) >= 11 is 0. The van der Waals surface area contributed by atoms with Gasteiger partial charge in [-0.15, -0.1) is 0 Å². The largest absolute Gasteiger partial charge is 0.507 e. The number of benzene rings is 2. The molecule has 0 amide bonds. The van der Waals surface area contributed by atoms with Crippen molar-refractivity contribution < 1.29 is 10.2 Å². The first kappa shape index (κ1) is 31.6. The lowest BCUT2D eigenvalue weighted by Crippen LogP contribution is -2.17. The van der Waals surface area contributed by atoms with Crippen molar-refractivity contribution in [3.63, 3.8) is 0 Å². The summed E-state index contributed by atoms with van der Waals surface area (Å²) in [7, 11) is 0. The lowest BCUT2D eigenvalue weighted by molar-refractivity contribution is 0.444. The van der Waals surface area contributed by atoms with E-state index >= 15 is 0 Å². The van der Waals surface area contributed by atoms with Gasteiger partial charge < -0.3 is 10.2 Å². The SMILES string of the molecule is CCCCC(CCCC)c1cc(C)c(O)c(C=NCCN=Cc2cc(C(C)(C)C)cc(C(C)(C)C)c2O)c1. The van der Waals surface area contributed by atoms with Crippen LogP contribution in [0, 0.1) is 6.92 Å². The highest BCUT2D eigenvalue weighted by Gasteiger charge is 2.24. The van der Waals surface area contributed by atoms with Gasteiger partial charge in [-0.1, -0.05) is 93.2 Å². The Labute approximate surface area is 232 Å². The van der Waals surface area contributed by atoms with Crippen LogP contribution in [0.2, 0.25) is 0 Å². The number of hydrogen-bond acceptors (Lipinski definition) is 4. The normalized spacial score (nSPS) is 12.9. The molecule has 0 aromatic heterocycles. The first-order valence-corrected chi connectivity index (χ1v) is 14.5. The van der Waals surface area contributed by atoms with Crippen molar-refractivity contribution in [2.75, 3.05) is 13.1 Å². The Morgan fingerprint density at radius 3 is 1.74 bits per heavy atom. The molecule has 4 heteroatoms. The summed E-state index contributed by atoms with van der Waals surface area (Å²) in [4.78, 5) is 9.15. The zero-order chi connectivity index (χ0) is 28.5. The van der Waals surface area contributed by atoms with Crippen LogP contribution < -0.4 is 0 Å². The van der Waals surface area contributed by atoms with Crippen LogP contribution in [0.3, 0.4) is 0 Å². The number of phenols is 2. The number of aryl methyl sites for hydroxylation is 1. The fourth-order valence-corrected chi connectivity index (χ4v) is 4.75. The van der Waals surface area contributed by atoms with E-state index in [0.29, 0.717) is 30.5 Å². The number of aliphatic imine (C=N–C) groups is 2. The molecule has 2 aromatic carbocycles. The van der Waals surface area contributed by atoms with Crippen LogP contribution in [0.5, 0.6) is 11.5 Å². The molecule has 0 spiro atoms. The van der Waals surface area contributed by atoms with E-state index in [1.165, 1.54) is 49.7 Å². The van der Waals surface area contributed by atoms with E-state index in [2.05, 4.69) is 83.6 Å². The van der Waals surface area contributed by atoms with Crippen LogP contribution in [-0.4, -0.2) is 35.7 Å². The summed E-state index contributed by atoms with van der Waals surface area (Å²) in [6.07, 6.45) is 10.8. The van der Waals surface area contributed by atoms with Gasteiger partial charge >= 0.3 is 0 Å². The van der Waals surface area contributed by atoms with Crippen LogP contribution in [0.15, 0.2) is 34.3 Å². The molecule has 0 atom stereocenters. The maximum Gasteiger partial charge on any atom is 0.128 e. The second kappa shape index (κ2) is 14.0. The summed E-state index contributed by atoms with van der Waals surface area (Å²) in [5.41, 5.74) is 5.67. The lowest BCUT2D eigenvalue weighted by Gasteiger charge is -2.26. The van der Waals surface area contributed by atoms with Gasteiger partial charge in [0.1, 0.15) is 11.5 Å². The highest BCUT2D eigenvalue weighted by Crippen LogP contribution is 2.37. The van der Waals surface area contributed by atoms with Crippen molar-refractivity contribution in [2.24, 2.45) is 9.98 Å². The predicted molar refractivity (Wildman–Crippen MR) is 165 cm³/mol. The second-order valence-electron chi connectivity index (χ2n) is 12.8. The Kier molecular flexibility index (Phi) is 11.6. The molecule has 0 fully saturated rings. The maximum absolute atomic E-state index is 11.0. The van der Waals surface area contributed by atoms with Crippen LogP contribution in [0.4, 0.5) is 0 Å². The van der Waals surface area contributed by atoms with E-state index in [0.717, 1.165) is 22.3 Å². The molecule has 0 heterocycles. The van der Waals surface area contributed by atoms with Crippen molar-refractivity contribution in [3.05, 3.63) is 57.6 Å². The molecule has 38 heavy (non-hydrogen) atoms. The monoisotopic (exact) mass is 520 g/mol. The molecule has 0 aliphatic heterocycles. The number of phenolic OH excluding ortho intramolecular Hbond substituents is 2. The van der Waals surface area contributed by atoms with Gasteiger partial charge in [-0.3, -0.25) is 9.98 Å². The van der Waals surface area contributed by atoms with Crippen molar-refractivity contribution >= 4 is 12.4 Å². The minimum atomic E-state index is -0.168. The predicted octanol–water partition coefficient (Wildman–Crippen LogP) is 9.00. The average molecular weight is 521 g/mol. The van der Waals surface area contributed by atoms with Gasteiger partial charge in [0.2, 0.25) is 0 Å². The van der Waals surface area contributed by atoms with Gasteiger partial charge in [-0.05, 0) is 65.3 Å². The fraction of sp³-hybridized carbons (Fsp3) is 0.588. The number of nitrogens with zero attached hydrogens (tertiary/aromatic N) is 2. The quantitative estimate of drug-likeness (QED) is 0.217. The Morgan fingerprint density at radius 1 is 0.737 bits per heavy atom. The second-order valence-corrected chi connectivity index (χ2v) is 12.8. The minimum Gasteiger partial charge on any atom is -0.507 e. The standard InChI is InChI=1S/C34H52N2O2/c1-10-12-14-25(15-13-11-2)26-18-24(3)31(37)27(19-26)22-35-16-17-36-23-28-20-29(33(4,5)6)21-30(32(28)38)34(7,8)9/h18-23,25,37-38H,10-17H2,1-9H3. The Balaban J connectivity index is 2.18. The lowest BCUT2D eigenvalue weighted by atomic mass is 9.79. The van der Waals surface area contributed by atoms with E-state index in [1.807, 2.05) is 13.0 Å². The number of rotatable bonds is 12. The van der Waals surface area contributed by atoms with E-state index in [4.69, 9.17) is 0 Å². The van der Waals surface area contributed by atoms with E-state index in [-0.39, 0.29) is 10.8 Å². The molecule has 2 N–H and O–H groups in total. The topological polar surface area (TPSA) is 65.2 Å². The highest BCUT2D eigenvalue weighted by atomic mass is 16.3. The Hall–Kier alpha value is -2.62. The number of unbranched alkanes of at least 4 members (excludes halogenated alkanes) is 2. The molecule has 0 radical (unpaired) electrons. The molecule has 0 bridgehead atoms. The fourth-order valence-electron chi connectivity index (χ4n) is 4.75. The molecule has 4 nitrogen and oxygen atoms in total. The van der Waals surface area contributed by atoms with E-state index < -0.39 is 0 Å². The van der Waals surface area contributed by atoms with Crippen LogP contribution in [-0.2, 0) is 10.8 Å². The average Bonchev–Trinajstić information content (AvgIpc) is 2.83. The van der Waals surface area contributed by atoms with Crippen LogP contribution in [0.25, 0.3) is 0 Å².